The SMILES string of the molecule is NCCCCCN.O=P(O)(O)O. The van der Waals surface area contributed by atoms with Crippen LogP contribution in [0, 0.1) is 0 Å². The second kappa shape index (κ2) is 9.12. The van der Waals surface area contributed by atoms with E-state index in [9.17, 15) is 0 Å². The lowest BCUT2D eigenvalue weighted by Crippen LogP contribution is -2.02. The van der Waals surface area contributed by atoms with Crippen LogP contribution in [0.3, 0.4) is 0 Å². The number of phosphoric acid groups is 1. The molecular formula is C5H17N2O4P. The van der Waals surface area contributed by atoms with Crippen LogP contribution >= 0.6 is 7.82 Å². The molecule has 0 unspecified atom stereocenters. The third-order valence-corrected chi connectivity index (χ3v) is 0.908. The van der Waals surface area contributed by atoms with Gasteiger partial charge in [-0.15, -0.1) is 0 Å². The lowest BCUT2D eigenvalue weighted by molar-refractivity contribution is 0.275. The molecule has 0 amide bonds. The molecule has 0 aromatic heterocycles. The van der Waals surface area contributed by atoms with Gasteiger partial charge >= 0.3 is 7.82 Å². The molecule has 0 aromatic carbocycles. The van der Waals surface area contributed by atoms with E-state index >= 15 is 0 Å². The molecule has 0 aromatic rings. The zero-order chi connectivity index (χ0) is 10.0. The first kappa shape index (κ1) is 14.5. The number of nitrogens with two attached hydrogens (primary N) is 2. The summed E-state index contributed by atoms with van der Waals surface area (Å²) in [5.41, 5.74) is 10.5. The van der Waals surface area contributed by atoms with E-state index in [2.05, 4.69) is 0 Å². The molecular weight excluding hydrogens is 183 g/mol. The Hall–Kier alpha value is 0.0300. The Balaban J connectivity index is 0. The van der Waals surface area contributed by atoms with Gasteiger partial charge in [-0.05, 0) is 25.9 Å². The zero-order valence-electron chi connectivity index (χ0n) is 6.89. The highest BCUT2D eigenvalue weighted by Crippen LogP contribution is 2.25. The maximum atomic E-state index is 8.88. The van der Waals surface area contributed by atoms with Gasteiger partial charge in [0, 0.05) is 0 Å². The highest BCUT2D eigenvalue weighted by atomic mass is 31.2. The zero-order valence-corrected chi connectivity index (χ0v) is 7.78. The fraction of sp³-hybridized carbons (Fsp3) is 1.00. The van der Waals surface area contributed by atoms with Gasteiger partial charge in [0.15, 0.2) is 0 Å². The minimum absolute atomic E-state index is 0.806. The smallest absolute Gasteiger partial charge is 0.330 e. The molecule has 0 saturated carbocycles. The monoisotopic (exact) mass is 200 g/mol. The average Bonchev–Trinajstić information content (AvgIpc) is 1.85. The first-order chi connectivity index (χ1) is 5.41. The van der Waals surface area contributed by atoms with Crippen LogP contribution in [0.5, 0.6) is 0 Å². The predicted molar refractivity (Wildman–Crippen MR) is 46.2 cm³/mol. The van der Waals surface area contributed by atoms with Gasteiger partial charge in [0.05, 0.1) is 0 Å². The molecule has 0 rings (SSSR count). The summed E-state index contributed by atoms with van der Waals surface area (Å²) in [6, 6.07) is 0. The fourth-order valence-electron chi connectivity index (χ4n) is 0.465. The minimum Gasteiger partial charge on any atom is -0.330 e. The maximum absolute atomic E-state index is 8.88. The van der Waals surface area contributed by atoms with Crippen molar-refractivity contribution in [3.8, 4) is 0 Å². The number of rotatable bonds is 4. The van der Waals surface area contributed by atoms with Crippen LogP contribution in [0.15, 0.2) is 0 Å². The Labute approximate surface area is 71.8 Å². The first-order valence-electron chi connectivity index (χ1n) is 3.60. The standard InChI is InChI=1S/C5H14N2.H3O4P/c6-4-2-1-3-5-7;1-5(2,3)4/h1-7H2;(H3,1,2,3,4). The van der Waals surface area contributed by atoms with E-state index in [1.54, 1.807) is 0 Å². The molecule has 0 atom stereocenters. The van der Waals surface area contributed by atoms with E-state index in [0.717, 1.165) is 25.9 Å². The van der Waals surface area contributed by atoms with Gasteiger partial charge in [0.25, 0.3) is 0 Å². The van der Waals surface area contributed by atoms with Crippen LogP contribution in [-0.4, -0.2) is 27.8 Å². The Kier molecular flexibility index (Phi) is 11.1. The summed E-state index contributed by atoms with van der Waals surface area (Å²) in [6.07, 6.45) is 3.43. The van der Waals surface area contributed by atoms with Crippen molar-refractivity contribution in [2.75, 3.05) is 13.1 Å². The van der Waals surface area contributed by atoms with Gasteiger partial charge in [0.1, 0.15) is 0 Å². The molecule has 0 radical (unpaired) electrons. The third kappa shape index (κ3) is 50.4. The molecule has 0 fully saturated rings. The van der Waals surface area contributed by atoms with E-state index in [1.807, 2.05) is 0 Å². The van der Waals surface area contributed by atoms with Crippen molar-refractivity contribution in [1.29, 1.82) is 0 Å². The topological polar surface area (TPSA) is 130 Å². The van der Waals surface area contributed by atoms with Gasteiger partial charge in [0.2, 0.25) is 0 Å². The number of hydrogen-bond acceptors (Lipinski definition) is 3. The summed E-state index contributed by atoms with van der Waals surface area (Å²) in [6.45, 7) is 1.61. The predicted octanol–water partition coefficient (Wildman–Crippen LogP) is -0.854. The molecule has 7 N–H and O–H groups in total. The van der Waals surface area contributed by atoms with E-state index in [-0.39, 0.29) is 0 Å². The van der Waals surface area contributed by atoms with E-state index < -0.39 is 7.82 Å². The third-order valence-electron chi connectivity index (χ3n) is 0.908. The highest BCUT2D eigenvalue weighted by molar-refractivity contribution is 7.45. The van der Waals surface area contributed by atoms with E-state index in [1.165, 1.54) is 6.42 Å². The molecule has 0 spiro atoms. The van der Waals surface area contributed by atoms with Crippen molar-refractivity contribution >= 4 is 7.82 Å². The molecule has 6 nitrogen and oxygen atoms in total. The summed E-state index contributed by atoms with van der Waals surface area (Å²) in [5.74, 6) is 0. The Morgan fingerprint density at radius 3 is 1.33 bits per heavy atom. The molecule has 76 valence electrons. The van der Waals surface area contributed by atoms with Crippen molar-refractivity contribution in [3.63, 3.8) is 0 Å². The van der Waals surface area contributed by atoms with Gasteiger partial charge < -0.3 is 26.1 Å². The van der Waals surface area contributed by atoms with Crippen molar-refractivity contribution in [2.45, 2.75) is 19.3 Å². The Bertz CT molecular complexity index is 114. The summed E-state index contributed by atoms with van der Waals surface area (Å²) >= 11 is 0. The molecule has 7 heteroatoms. The van der Waals surface area contributed by atoms with E-state index in [0.29, 0.717) is 0 Å². The minimum atomic E-state index is -4.64. The van der Waals surface area contributed by atoms with Crippen LogP contribution < -0.4 is 11.5 Å². The molecule has 0 bridgehead atoms. The molecule has 0 saturated heterocycles. The second-order valence-corrected chi connectivity index (χ2v) is 3.18. The summed E-state index contributed by atoms with van der Waals surface area (Å²) in [4.78, 5) is 21.6. The molecule has 0 aliphatic carbocycles. The van der Waals surface area contributed by atoms with Crippen LogP contribution in [0.2, 0.25) is 0 Å². The van der Waals surface area contributed by atoms with Crippen LogP contribution in [0.25, 0.3) is 0 Å². The summed E-state index contributed by atoms with van der Waals surface area (Å²) < 4.78 is 8.88. The van der Waals surface area contributed by atoms with Gasteiger partial charge in [-0.25, -0.2) is 4.57 Å². The number of unbranched alkanes of at least 4 members (excludes halogenated alkanes) is 2. The molecule has 0 aliphatic heterocycles. The largest absolute Gasteiger partial charge is 0.466 e. The van der Waals surface area contributed by atoms with Crippen LogP contribution in [0.4, 0.5) is 0 Å². The van der Waals surface area contributed by atoms with E-state index in [4.69, 9.17) is 30.7 Å². The number of hydrogen-bond donors (Lipinski definition) is 5. The Morgan fingerprint density at radius 2 is 1.17 bits per heavy atom. The van der Waals surface area contributed by atoms with Crippen molar-refractivity contribution in [3.05, 3.63) is 0 Å². The average molecular weight is 200 g/mol. The summed E-state index contributed by atoms with van der Waals surface area (Å²) in [5, 5.41) is 0. The van der Waals surface area contributed by atoms with Crippen molar-refractivity contribution < 1.29 is 19.2 Å². The molecule has 0 aliphatic rings. The highest BCUT2D eigenvalue weighted by Gasteiger charge is 2.00. The van der Waals surface area contributed by atoms with Crippen LogP contribution in [-0.2, 0) is 4.57 Å². The van der Waals surface area contributed by atoms with Crippen LogP contribution in [0.1, 0.15) is 19.3 Å². The van der Waals surface area contributed by atoms with Gasteiger partial charge in [-0.2, -0.15) is 0 Å². The van der Waals surface area contributed by atoms with Gasteiger partial charge in [-0.1, -0.05) is 6.42 Å². The van der Waals surface area contributed by atoms with Crippen molar-refractivity contribution in [2.24, 2.45) is 11.5 Å². The maximum Gasteiger partial charge on any atom is 0.466 e. The quantitative estimate of drug-likeness (QED) is 0.296. The lowest BCUT2D eigenvalue weighted by Gasteiger charge is -1.91. The summed E-state index contributed by atoms with van der Waals surface area (Å²) in [7, 11) is -4.64. The Morgan fingerprint density at radius 1 is 0.917 bits per heavy atom. The normalized spacial score (nSPS) is 10.4. The second-order valence-electron chi connectivity index (χ2n) is 2.15. The lowest BCUT2D eigenvalue weighted by atomic mass is 10.2. The first-order valence-corrected chi connectivity index (χ1v) is 5.16. The fourth-order valence-corrected chi connectivity index (χ4v) is 0.465. The molecule has 0 heterocycles. The van der Waals surface area contributed by atoms with Gasteiger partial charge in [-0.3, -0.25) is 0 Å². The van der Waals surface area contributed by atoms with Crippen molar-refractivity contribution in [1.82, 2.24) is 0 Å². The molecule has 12 heavy (non-hydrogen) atoms.